The van der Waals surface area contributed by atoms with Crippen molar-refractivity contribution in [2.75, 3.05) is 13.7 Å². The summed E-state index contributed by atoms with van der Waals surface area (Å²) in [4.78, 5) is 0. The summed E-state index contributed by atoms with van der Waals surface area (Å²) in [5.41, 5.74) is 6.76. The molecule has 16 heavy (non-hydrogen) atoms. The Kier molecular flexibility index (Phi) is 4.44. The molecule has 3 heteroatoms. The third kappa shape index (κ3) is 3.58. The smallest absolute Gasteiger partial charge is 0.123 e. The molecule has 0 aromatic heterocycles. The highest BCUT2D eigenvalue weighted by Crippen LogP contribution is 2.20. The first kappa shape index (κ1) is 13.1. The van der Waals surface area contributed by atoms with Gasteiger partial charge in [0.25, 0.3) is 0 Å². The second-order valence-corrected chi connectivity index (χ2v) is 4.67. The molecule has 0 fully saturated rings. The highest BCUT2D eigenvalue weighted by atomic mass is 19.1. The zero-order valence-corrected chi connectivity index (χ0v) is 10.2. The van der Waals surface area contributed by atoms with Crippen LogP contribution in [0.3, 0.4) is 0 Å². The largest absolute Gasteiger partial charge is 0.384 e. The van der Waals surface area contributed by atoms with Crippen molar-refractivity contribution in [1.29, 1.82) is 0 Å². The van der Waals surface area contributed by atoms with Crippen molar-refractivity contribution in [3.05, 3.63) is 35.6 Å². The predicted octanol–water partition coefficient (Wildman–Crippen LogP) is 2.37. The van der Waals surface area contributed by atoms with Gasteiger partial charge in [-0.3, -0.25) is 0 Å². The zero-order chi connectivity index (χ0) is 12.2. The van der Waals surface area contributed by atoms with E-state index in [-0.39, 0.29) is 17.3 Å². The average molecular weight is 225 g/mol. The van der Waals surface area contributed by atoms with Gasteiger partial charge in [-0.2, -0.15) is 0 Å². The van der Waals surface area contributed by atoms with Crippen LogP contribution < -0.4 is 5.73 Å². The lowest BCUT2D eigenvalue weighted by Crippen LogP contribution is -2.46. The SMILES string of the molecule is COCC(C)C(C)(N)Cc1cccc(F)c1. The molecule has 2 N–H and O–H groups in total. The summed E-state index contributed by atoms with van der Waals surface area (Å²) in [6, 6.07) is 6.58. The number of hydrogen-bond donors (Lipinski definition) is 1. The minimum atomic E-state index is -0.385. The Balaban J connectivity index is 2.71. The molecule has 0 spiro atoms. The topological polar surface area (TPSA) is 35.2 Å². The number of benzene rings is 1. The molecule has 0 amide bonds. The second-order valence-electron chi connectivity index (χ2n) is 4.67. The maximum atomic E-state index is 13.0. The van der Waals surface area contributed by atoms with Crippen molar-refractivity contribution in [1.82, 2.24) is 0 Å². The fourth-order valence-corrected chi connectivity index (χ4v) is 1.70. The van der Waals surface area contributed by atoms with Crippen molar-refractivity contribution >= 4 is 0 Å². The molecule has 2 unspecified atom stereocenters. The van der Waals surface area contributed by atoms with Crippen LogP contribution in [0.4, 0.5) is 4.39 Å². The van der Waals surface area contributed by atoms with Gasteiger partial charge in [-0.15, -0.1) is 0 Å². The van der Waals surface area contributed by atoms with Gasteiger partial charge in [0.05, 0.1) is 6.61 Å². The summed E-state index contributed by atoms with van der Waals surface area (Å²) in [5, 5.41) is 0. The van der Waals surface area contributed by atoms with E-state index in [1.807, 2.05) is 19.9 Å². The number of halogens is 1. The summed E-state index contributed by atoms with van der Waals surface area (Å²) in [5.74, 6) is 0.00784. The predicted molar refractivity (Wildman–Crippen MR) is 63.7 cm³/mol. The molecule has 0 aliphatic carbocycles. The van der Waals surface area contributed by atoms with Crippen molar-refractivity contribution in [3.8, 4) is 0 Å². The van der Waals surface area contributed by atoms with Crippen LogP contribution in [0.5, 0.6) is 0 Å². The second kappa shape index (κ2) is 5.41. The first-order chi connectivity index (χ1) is 7.45. The van der Waals surface area contributed by atoms with Crippen LogP contribution in [-0.4, -0.2) is 19.3 Å². The van der Waals surface area contributed by atoms with Gasteiger partial charge in [-0.1, -0.05) is 19.1 Å². The Labute approximate surface area is 96.6 Å². The van der Waals surface area contributed by atoms with E-state index in [1.54, 1.807) is 13.2 Å². The first-order valence-electron chi connectivity index (χ1n) is 5.48. The van der Waals surface area contributed by atoms with Crippen LogP contribution >= 0.6 is 0 Å². The summed E-state index contributed by atoms with van der Waals surface area (Å²) >= 11 is 0. The van der Waals surface area contributed by atoms with E-state index in [2.05, 4.69) is 0 Å². The molecule has 1 aromatic rings. The van der Waals surface area contributed by atoms with Gasteiger partial charge in [0, 0.05) is 12.6 Å². The maximum absolute atomic E-state index is 13.0. The zero-order valence-electron chi connectivity index (χ0n) is 10.2. The molecule has 0 aliphatic rings. The van der Waals surface area contributed by atoms with Crippen molar-refractivity contribution < 1.29 is 9.13 Å². The van der Waals surface area contributed by atoms with Crippen LogP contribution in [0, 0.1) is 11.7 Å². The summed E-state index contributed by atoms with van der Waals surface area (Å²) in [7, 11) is 1.66. The molecule has 0 saturated carbocycles. The van der Waals surface area contributed by atoms with Gasteiger partial charge >= 0.3 is 0 Å². The van der Waals surface area contributed by atoms with Crippen LogP contribution in [0.1, 0.15) is 19.4 Å². The van der Waals surface area contributed by atoms with Crippen LogP contribution in [0.2, 0.25) is 0 Å². The molecule has 90 valence electrons. The molecule has 1 rings (SSSR count). The van der Waals surface area contributed by atoms with E-state index >= 15 is 0 Å². The van der Waals surface area contributed by atoms with Gasteiger partial charge in [0.15, 0.2) is 0 Å². The lowest BCUT2D eigenvalue weighted by Gasteiger charge is -2.31. The van der Waals surface area contributed by atoms with E-state index in [4.69, 9.17) is 10.5 Å². The number of nitrogens with two attached hydrogens (primary N) is 1. The van der Waals surface area contributed by atoms with E-state index in [0.29, 0.717) is 13.0 Å². The van der Waals surface area contributed by atoms with Crippen LogP contribution in [0.25, 0.3) is 0 Å². The molecule has 2 nitrogen and oxygen atoms in total. The fraction of sp³-hybridized carbons (Fsp3) is 0.538. The molecular weight excluding hydrogens is 205 g/mol. The van der Waals surface area contributed by atoms with E-state index in [9.17, 15) is 4.39 Å². The molecule has 0 bridgehead atoms. The van der Waals surface area contributed by atoms with Crippen molar-refractivity contribution in [3.63, 3.8) is 0 Å². The third-order valence-electron chi connectivity index (χ3n) is 3.02. The summed E-state index contributed by atoms with van der Waals surface area (Å²) < 4.78 is 18.1. The van der Waals surface area contributed by atoms with Gasteiger partial charge < -0.3 is 10.5 Å². The number of hydrogen-bond acceptors (Lipinski definition) is 2. The molecule has 0 aliphatic heterocycles. The molecule has 0 heterocycles. The lowest BCUT2D eigenvalue weighted by atomic mass is 9.83. The number of rotatable bonds is 5. The van der Waals surface area contributed by atoms with Gasteiger partial charge in [0.1, 0.15) is 5.82 Å². The van der Waals surface area contributed by atoms with Gasteiger partial charge in [0.2, 0.25) is 0 Å². The van der Waals surface area contributed by atoms with E-state index < -0.39 is 0 Å². The Hall–Kier alpha value is -0.930. The minimum Gasteiger partial charge on any atom is -0.384 e. The Morgan fingerprint density at radius 2 is 2.19 bits per heavy atom. The van der Waals surface area contributed by atoms with Gasteiger partial charge in [-0.05, 0) is 37.0 Å². The molecule has 0 radical (unpaired) electrons. The molecule has 2 atom stereocenters. The standard InChI is InChI=1S/C13H20FNO/c1-10(9-16-3)13(2,15)8-11-5-4-6-12(14)7-11/h4-7,10H,8-9,15H2,1-3H3. The van der Waals surface area contributed by atoms with Crippen molar-refractivity contribution in [2.45, 2.75) is 25.8 Å². The molecule has 1 aromatic carbocycles. The van der Waals surface area contributed by atoms with E-state index in [0.717, 1.165) is 5.56 Å². The van der Waals surface area contributed by atoms with Gasteiger partial charge in [-0.25, -0.2) is 4.39 Å². The van der Waals surface area contributed by atoms with Crippen molar-refractivity contribution in [2.24, 2.45) is 11.7 Å². The number of ether oxygens (including phenoxy) is 1. The highest BCUT2D eigenvalue weighted by Gasteiger charge is 2.26. The Morgan fingerprint density at radius 3 is 2.75 bits per heavy atom. The minimum absolute atomic E-state index is 0.215. The maximum Gasteiger partial charge on any atom is 0.123 e. The summed E-state index contributed by atoms with van der Waals surface area (Å²) in [6.07, 6.45) is 0.648. The van der Waals surface area contributed by atoms with Crippen LogP contribution in [0.15, 0.2) is 24.3 Å². The average Bonchev–Trinajstić information content (AvgIpc) is 2.17. The number of methoxy groups -OCH3 is 1. The monoisotopic (exact) mass is 225 g/mol. The Bertz CT molecular complexity index is 338. The first-order valence-corrected chi connectivity index (χ1v) is 5.48. The Morgan fingerprint density at radius 1 is 1.50 bits per heavy atom. The summed E-state index contributed by atoms with van der Waals surface area (Å²) in [6.45, 7) is 4.63. The third-order valence-corrected chi connectivity index (χ3v) is 3.02. The fourth-order valence-electron chi connectivity index (χ4n) is 1.70. The normalized spacial score (nSPS) is 16.8. The molecule has 0 saturated heterocycles. The quantitative estimate of drug-likeness (QED) is 0.835. The van der Waals surface area contributed by atoms with Crippen LogP contribution in [-0.2, 0) is 11.2 Å². The highest BCUT2D eigenvalue weighted by molar-refractivity contribution is 5.19. The molecular formula is C13H20FNO. The van der Waals surface area contributed by atoms with E-state index in [1.165, 1.54) is 12.1 Å². The lowest BCUT2D eigenvalue weighted by molar-refractivity contribution is 0.121.